The fourth-order valence-electron chi connectivity index (χ4n) is 1.67. The van der Waals surface area contributed by atoms with Crippen LogP contribution >= 0.6 is 0 Å². The second-order valence-electron chi connectivity index (χ2n) is 2.97. The van der Waals surface area contributed by atoms with Gasteiger partial charge in [0.15, 0.2) is 0 Å². The molecule has 0 aromatic heterocycles. The van der Waals surface area contributed by atoms with Crippen LogP contribution in [-0.4, -0.2) is 23.8 Å². The van der Waals surface area contributed by atoms with Crippen LogP contribution < -0.4 is 0 Å². The van der Waals surface area contributed by atoms with Crippen molar-refractivity contribution < 1.29 is 4.39 Å². The first kappa shape index (κ1) is 6.83. The van der Waals surface area contributed by atoms with Crippen LogP contribution in [0.5, 0.6) is 0 Å². The molecule has 2 nitrogen and oxygen atoms in total. The van der Waals surface area contributed by atoms with Gasteiger partial charge in [0.05, 0.1) is 12.2 Å². The van der Waals surface area contributed by atoms with Crippen molar-refractivity contribution in [3.63, 3.8) is 0 Å². The van der Waals surface area contributed by atoms with E-state index >= 15 is 0 Å². The maximum atomic E-state index is 13.0. The van der Waals surface area contributed by atoms with Crippen molar-refractivity contribution in [2.45, 2.75) is 19.8 Å². The van der Waals surface area contributed by atoms with Gasteiger partial charge in [-0.05, 0) is 19.8 Å². The van der Waals surface area contributed by atoms with Crippen LogP contribution in [0, 0.1) is 0 Å². The van der Waals surface area contributed by atoms with Crippen LogP contribution in [0.1, 0.15) is 19.8 Å². The van der Waals surface area contributed by atoms with E-state index in [4.69, 9.17) is 0 Å². The highest BCUT2D eigenvalue weighted by Gasteiger charge is 2.25. The van der Waals surface area contributed by atoms with Crippen molar-refractivity contribution >= 4 is 5.84 Å². The predicted molar refractivity (Wildman–Crippen MR) is 42.1 cm³/mol. The minimum Gasteiger partial charge on any atom is -0.331 e. The second kappa shape index (κ2) is 2.32. The van der Waals surface area contributed by atoms with Crippen molar-refractivity contribution in [2.24, 2.45) is 4.99 Å². The van der Waals surface area contributed by atoms with E-state index in [0.717, 1.165) is 30.9 Å². The standard InChI is InChI=1S/C8H11FN2/c1-6-10-5-7(9)8-3-2-4-11(6)8/h2-5H2,1H3. The highest BCUT2D eigenvalue weighted by atomic mass is 19.1. The zero-order valence-electron chi connectivity index (χ0n) is 6.60. The molecule has 2 aliphatic rings. The fourth-order valence-corrected chi connectivity index (χ4v) is 1.67. The minimum absolute atomic E-state index is 0.0342. The number of rotatable bonds is 0. The molecule has 2 rings (SSSR count). The molecular formula is C8H11FN2. The quantitative estimate of drug-likeness (QED) is 0.518. The molecule has 0 radical (unpaired) electrons. The number of aliphatic imine (C=N–C) groups is 1. The first-order valence-corrected chi connectivity index (χ1v) is 3.95. The third-order valence-corrected chi connectivity index (χ3v) is 2.27. The Kier molecular flexibility index (Phi) is 1.44. The third kappa shape index (κ3) is 0.951. The van der Waals surface area contributed by atoms with Gasteiger partial charge in [-0.15, -0.1) is 0 Å². The Bertz CT molecular complexity index is 242. The van der Waals surface area contributed by atoms with Gasteiger partial charge in [-0.1, -0.05) is 0 Å². The molecule has 2 aliphatic heterocycles. The topological polar surface area (TPSA) is 15.6 Å². The number of halogens is 1. The molecule has 2 heterocycles. The molecule has 11 heavy (non-hydrogen) atoms. The van der Waals surface area contributed by atoms with Crippen molar-refractivity contribution in [1.82, 2.24) is 4.90 Å². The number of amidine groups is 1. The predicted octanol–water partition coefficient (Wildman–Crippen LogP) is 1.70. The normalized spacial score (nSPS) is 23.8. The Hall–Kier alpha value is -0.860. The minimum atomic E-state index is -0.0342. The molecule has 0 spiro atoms. The molecule has 0 aliphatic carbocycles. The maximum Gasteiger partial charge on any atom is 0.141 e. The summed E-state index contributed by atoms with van der Waals surface area (Å²) < 4.78 is 13.0. The third-order valence-electron chi connectivity index (χ3n) is 2.27. The Morgan fingerprint density at radius 1 is 1.55 bits per heavy atom. The molecule has 0 unspecified atom stereocenters. The number of nitrogens with zero attached hydrogens (tertiary/aromatic N) is 2. The first-order chi connectivity index (χ1) is 5.29. The van der Waals surface area contributed by atoms with Gasteiger partial charge < -0.3 is 4.90 Å². The van der Waals surface area contributed by atoms with E-state index < -0.39 is 0 Å². The van der Waals surface area contributed by atoms with Gasteiger partial charge in [-0.3, -0.25) is 4.99 Å². The van der Waals surface area contributed by atoms with Gasteiger partial charge >= 0.3 is 0 Å². The summed E-state index contributed by atoms with van der Waals surface area (Å²) in [5.74, 6) is 0.937. The van der Waals surface area contributed by atoms with E-state index in [1.54, 1.807) is 0 Å². The lowest BCUT2D eigenvalue weighted by atomic mass is 10.2. The molecule has 1 saturated heterocycles. The van der Waals surface area contributed by atoms with Crippen molar-refractivity contribution in [3.8, 4) is 0 Å². The number of allylic oxidation sites excluding steroid dienone is 1. The molecule has 0 bridgehead atoms. The van der Waals surface area contributed by atoms with Crippen LogP contribution in [0.2, 0.25) is 0 Å². The summed E-state index contributed by atoms with van der Waals surface area (Å²) in [6.07, 6.45) is 1.95. The van der Waals surface area contributed by atoms with Gasteiger partial charge in [0.2, 0.25) is 0 Å². The summed E-state index contributed by atoms with van der Waals surface area (Å²) in [6, 6.07) is 0. The SMILES string of the molecule is CC1=NCC(F)=C2CCCN12. The molecule has 0 amide bonds. The van der Waals surface area contributed by atoms with Gasteiger partial charge in [0, 0.05) is 6.54 Å². The summed E-state index contributed by atoms with van der Waals surface area (Å²) in [6.45, 7) is 3.15. The average Bonchev–Trinajstić information content (AvgIpc) is 2.45. The highest BCUT2D eigenvalue weighted by Crippen LogP contribution is 2.28. The summed E-state index contributed by atoms with van der Waals surface area (Å²) in [5.41, 5.74) is 0.873. The number of hydrogen-bond acceptors (Lipinski definition) is 2. The lowest BCUT2D eigenvalue weighted by molar-refractivity contribution is 0.500. The molecule has 0 N–H and O–H groups in total. The molecule has 0 aromatic rings. The Balaban J connectivity index is 2.33. The maximum absolute atomic E-state index is 13.0. The monoisotopic (exact) mass is 154 g/mol. The van der Waals surface area contributed by atoms with E-state index in [-0.39, 0.29) is 12.4 Å². The van der Waals surface area contributed by atoms with Gasteiger partial charge in [-0.2, -0.15) is 0 Å². The molecule has 60 valence electrons. The Labute approximate surface area is 65.4 Å². The average molecular weight is 154 g/mol. The fraction of sp³-hybridized carbons (Fsp3) is 0.625. The second-order valence-corrected chi connectivity index (χ2v) is 2.97. The Morgan fingerprint density at radius 3 is 3.09 bits per heavy atom. The van der Waals surface area contributed by atoms with Gasteiger partial charge in [0.25, 0.3) is 0 Å². The molecule has 3 heteroatoms. The summed E-state index contributed by atoms with van der Waals surface area (Å²) >= 11 is 0. The largest absolute Gasteiger partial charge is 0.331 e. The van der Waals surface area contributed by atoms with Crippen LogP contribution in [-0.2, 0) is 0 Å². The molecule has 0 saturated carbocycles. The summed E-state index contributed by atoms with van der Waals surface area (Å²) in [7, 11) is 0. The summed E-state index contributed by atoms with van der Waals surface area (Å²) in [4.78, 5) is 6.05. The molecular weight excluding hydrogens is 143 g/mol. The number of hydrogen-bond donors (Lipinski definition) is 0. The van der Waals surface area contributed by atoms with Crippen molar-refractivity contribution in [3.05, 3.63) is 11.5 Å². The Morgan fingerprint density at radius 2 is 2.36 bits per heavy atom. The van der Waals surface area contributed by atoms with Crippen LogP contribution in [0.3, 0.4) is 0 Å². The zero-order chi connectivity index (χ0) is 7.84. The van der Waals surface area contributed by atoms with E-state index in [1.165, 1.54) is 0 Å². The lowest BCUT2D eigenvalue weighted by Crippen LogP contribution is -2.27. The van der Waals surface area contributed by atoms with E-state index in [2.05, 4.69) is 4.99 Å². The van der Waals surface area contributed by atoms with E-state index in [9.17, 15) is 4.39 Å². The zero-order valence-corrected chi connectivity index (χ0v) is 6.60. The molecule has 1 fully saturated rings. The van der Waals surface area contributed by atoms with Gasteiger partial charge in [-0.25, -0.2) is 4.39 Å². The van der Waals surface area contributed by atoms with Gasteiger partial charge in [0.1, 0.15) is 11.7 Å². The molecule has 0 aromatic carbocycles. The van der Waals surface area contributed by atoms with E-state index in [1.807, 2.05) is 11.8 Å². The van der Waals surface area contributed by atoms with E-state index in [0.29, 0.717) is 0 Å². The smallest absolute Gasteiger partial charge is 0.141 e. The molecule has 0 atom stereocenters. The first-order valence-electron chi connectivity index (χ1n) is 3.95. The van der Waals surface area contributed by atoms with Crippen LogP contribution in [0.25, 0.3) is 0 Å². The number of fused-ring (bicyclic) bond motifs is 1. The summed E-state index contributed by atoms with van der Waals surface area (Å²) in [5, 5.41) is 0. The lowest BCUT2D eigenvalue weighted by Gasteiger charge is -2.23. The van der Waals surface area contributed by atoms with Crippen LogP contribution in [0.15, 0.2) is 16.5 Å². The van der Waals surface area contributed by atoms with Crippen LogP contribution in [0.4, 0.5) is 4.39 Å². The highest BCUT2D eigenvalue weighted by molar-refractivity contribution is 5.83. The van der Waals surface area contributed by atoms with Crippen molar-refractivity contribution in [2.75, 3.05) is 13.1 Å². The van der Waals surface area contributed by atoms with Crippen molar-refractivity contribution in [1.29, 1.82) is 0 Å².